The van der Waals surface area contributed by atoms with Gasteiger partial charge in [-0.15, -0.1) is 0 Å². The summed E-state index contributed by atoms with van der Waals surface area (Å²) in [6.45, 7) is 5.55. The van der Waals surface area contributed by atoms with Gasteiger partial charge in [0.25, 0.3) is 0 Å². The van der Waals surface area contributed by atoms with Crippen LogP contribution in [0.25, 0.3) is 0 Å². The van der Waals surface area contributed by atoms with E-state index in [2.05, 4.69) is 5.32 Å². The predicted octanol–water partition coefficient (Wildman–Crippen LogP) is 4.78. The lowest BCUT2D eigenvalue weighted by Gasteiger charge is -2.27. The molecule has 1 N–H and O–H groups in total. The number of nitrogens with one attached hydrogen (secondary N) is 1. The van der Waals surface area contributed by atoms with E-state index in [1.807, 2.05) is 20.8 Å². The first-order valence-electron chi connectivity index (χ1n) is 17.5. The molecule has 6 rings (SSSR count). The van der Waals surface area contributed by atoms with Crippen LogP contribution in [0.15, 0.2) is 124 Å². The number of hydrogen-bond acceptors (Lipinski definition) is 9. The number of aryl methyl sites for hydroxylation is 3. The Morgan fingerprint density at radius 3 is 1.13 bits per heavy atom. The van der Waals surface area contributed by atoms with Crippen LogP contribution in [0.1, 0.15) is 39.5 Å². The van der Waals surface area contributed by atoms with Crippen molar-refractivity contribution in [3.63, 3.8) is 0 Å². The molecule has 3 heterocycles. The number of aromatic nitrogens is 2. The summed E-state index contributed by atoms with van der Waals surface area (Å²) in [5, 5.41) is 3.29. The second-order valence-corrected chi connectivity index (χ2v) is 19.2. The largest absolute Gasteiger partial charge is 0.310 e. The van der Waals surface area contributed by atoms with Gasteiger partial charge in [-0.1, -0.05) is 65.2 Å². The minimum Gasteiger partial charge on any atom is -0.310 e. The zero-order chi connectivity index (χ0) is 38.5. The molecule has 3 aromatic carbocycles. The molecule has 4 bridgehead atoms. The predicted molar refractivity (Wildman–Crippen MR) is 207 cm³/mol. The van der Waals surface area contributed by atoms with Gasteiger partial charge in [0.15, 0.2) is 0 Å². The molecule has 0 saturated heterocycles. The first-order chi connectivity index (χ1) is 25.7. The molecule has 54 heavy (non-hydrogen) atoms. The summed E-state index contributed by atoms with van der Waals surface area (Å²) >= 11 is 0. The Labute approximate surface area is 318 Å². The van der Waals surface area contributed by atoms with Crippen molar-refractivity contribution in [3.05, 3.63) is 149 Å². The first kappa shape index (κ1) is 39.3. The van der Waals surface area contributed by atoms with Crippen LogP contribution in [-0.4, -0.2) is 74.3 Å². The van der Waals surface area contributed by atoms with E-state index < -0.39 is 30.1 Å². The van der Waals surface area contributed by atoms with E-state index in [0.29, 0.717) is 29.3 Å². The van der Waals surface area contributed by atoms with Crippen LogP contribution in [0.5, 0.6) is 0 Å². The lowest BCUT2D eigenvalue weighted by Crippen LogP contribution is -2.41. The van der Waals surface area contributed by atoms with Gasteiger partial charge in [-0.25, -0.2) is 25.3 Å². The Morgan fingerprint density at radius 1 is 0.444 bits per heavy atom. The van der Waals surface area contributed by atoms with Gasteiger partial charge in [0.2, 0.25) is 30.1 Å². The van der Waals surface area contributed by atoms with E-state index in [1.54, 1.807) is 97.1 Å². The maximum Gasteiger partial charge on any atom is 0.243 e. The zero-order valence-corrected chi connectivity index (χ0v) is 32.9. The quantitative estimate of drug-likeness (QED) is 0.257. The normalized spacial score (nSPS) is 16.4. The molecule has 0 spiro atoms. The lowest BCUT2D eigenvalue weighted by atomic mass is 10.2. The average Bonchev–Trinajstić information content (AvgIpc) is 3.14. The van der Waals surface area contributed by atoms with E-state index in [1.165, 1.54) is 25.0 Å². The molecular weight excluding hydrogens is 745 g/mol. The molecule has 0 radical (unpaired) electrons. The number of fused-ring (bicyclic) bond motifs is 4. The average molecular weight is 789 g/mol. The third-order valence-electron chi connectivity index (χ3n) is 9.16. The second-order valence-electron chi connectivity index (χ2n) is 13.4. The van der Waals surface area contributed by atoms with Crippen LogP contribution in [0.2, 0.25) is 0 Å². The Hall–Kier alpha value is -4.35. The summed E-state index contributed by atoms with van der Waals surface area (Å²) in [6, 6.07) is 30.1. The van der Waals surface area contributed by atoms with Gasteiger partial charge in [0.1, 0.15) is 0 Å². The highest BCUT2D eigenvalue weighted by Crippen LogP contribution is 2.24. The highest BCUT2D eigenvalue weighted by molar-refractivity contribution is 7.89. The highest BCUT2D eigenvalue weighted by Gasteiger charge is 2.31. The third kappa shape index (κ3) is 9.29. The molecule has 284 valence electrons. The highest BCUT2D eigenvalue weighted by atomic mass is 32.2. The summed E-state index contributed by atoms with van der Waals surface area (Å²) in [5.74, 6) is 0. The third-order valence-corrected chi connectivity index (χ3v) is 14.7. The standard InChI is InChI=1S/C39H44N6O6S3/c1-30-10-16-37(17-11-30)52(46,47)43-23-22-40-26-33-6-4-7-34(41-33)28-44(53(48,49)38-18-12-31(2)13-19-38)24-25-45(29-36-9-5-8-35(27-43)42-36)54(50,51)39-20-14-32(3)15-21-39/h4-21,40H,22-29H2,1-3H3. The summed E-state index contributed by atoms with van der Waals surface area (Å²) in [7, 11) is -12.2. The van der Waals surface area contributed by atoms with Crippen molar-refractivity contribution in [3.8, 4) is 0 Å². The molecule has 0 unspecified atom stereocenters. The van der Waals surface area contributed by atoms with Gasteiger partial charge in [-0.3, -0.25) is 9.97 Å². The number of nitrogens with zero attached hydrogens (tertiary/aromatic N) is 5. The zero-order valence-electron chi connectivity index (χ0n) is 30.5. The Bertz CT molecular complexity index is 2410. The van der Waals surface area contributed by atoms with E-state index in [9.17, 15) is 25.3 Å². The lowest BCUT2D eigenvalue weighted by molar-refractivity contribution is 0.332. The van der Waals surface area contributed by atoms with E-state index in [-0.39, 0.29) is 60.5 Å². The fourth-order valence-electron chi connectivity index (χ4n) is 6.04. The van der Waals surface area contributed by atoms with Gasteiger partial charge in [0.05, 0.1) is 57.1 Å². The minimum absolute atomic E-state index is 0.0524. The van der Waals surface area contributed by atoms with Crippen LogP contribution in [0.3, 0.4) is 0 Å². The van der Waals surface area contributed by atoms with E-state index >= 15 is 0 Å². The SMILES string of the molecule is Cc1ccc(S(=O)(=O)N2CCN(S(=O)(=O)c3ccc(C)cc3)Cc3cccc(n3)CN(S(=O)(=O)c3ccc(C)cc3)CCNCc3cccc(n3)C2)cc1. The topological polar surface area (TPSA) is 150 Å². The molecule has 0 fully saturated rings. The van der Waals surface area contributed by atoms with Crippen molar-refractivity contribution in [2.24, 2.45) is 0 Å². The van der Waals surface area contributed by atoms with Crippen molar-refractivity contribution in [2.75, 3.05) is 26.2 Å². The summed E-state index contributed by atoms with van der Waals surface area (Å²) < 4.78 is 88.8. The van der Waals surface area contributed by atoms with Crippen molar-refractivity contribution in [1.29, 1.82) is 0 Å². The van der Waals surface area contributed by atoms with Crippen molar-refractivity contribution >= 4 is 30.1 Å². The second kappa shape index (κ2) is 16.6. The first-order valence-corrected chi connectivity index (χ1v) is 21.8. The summed E-state index contributed by atoms with van der Waals surface area (Å²) in [5.41, 5.74) is 4.61. The van der Waals surface area contributed by atoms with Crippen LogP contribution in [0.4, 0.5) is 0 Å². The summed E-state index contributed by atoms with van der Waals surface area (Å²) in [6.07, 6.45) is 0. The molecule has 5 aromatic rings. The van der Waals surface area contributed by atoms with Gasteiger partial charge >= 0.3 is 0 Å². The molecule has 1 aliphatic heterocycles. The molecule has 15 heteroatoms. The Morgan fingerprint density at radius 2 is 0.759 bits per heavy atom. The molecule has 1 aliphatic rings. The smallest absolute Gasteiger partial charge is 0.243 e. The minimum atomic E-state index is -4.16. The van der Waals surface area contributed by atoms with Crippen molar-refractivity contribution < 1.29 is 25.3 Å². The Kier molecular flexibility index (Phi) is 12.1. The maximum absolute atomic E-state index is 14.3. The molecule has 0 amide bonds. The fraction of sp³-hybridized carbons (Fsp3) is 0.282. The molecule has 12 nitrogen and oxygen atoms in total. The van der Waals surface area contributed by atoms with Gasteiger partial charge in [-0.2, -0.15) is 12.9 Å². The van der Waals surface area contributed by atoms with Gasteiger partial charge in [0, 0.05) is 32.7 Å². The number of hydrogen-bond donors (Lipinski definition) is 1. The van der Waals surface area contributed by atoms with Crippen LogP contribution in [-0.2, 0) is 56.2 Å². The molecule has 0 saturated carbocycles. The van der Waals surface area contributed by atoms with Crippen LogP contribution in [0, 0.1) is 20.8 Å². The van der Waals surface area contributed by atoms with Crippen molar-refractivity contribution in [2.45, 2.75) is 61.6 Å². The van der Waals surface area contributed by atoms with Crippen molar-refractivity contribution in [1.82, 2.24) is 28.2 Å². The monoisotopic (exact) mass is 788 g/mol. The van der Waals surface area contributed by atoms with Gasteiger partial charge in [-0.05, 0) is 81.4 Å². The molecule has 0 atom stereocenters. The number of rotatable bonds is 6. The fourth-order valence-corrected chi connectivity index (χ4v) is 10.3. The number of benzene rings is 3. The van der Waals surface area contributed by atoms with Gasteiger partial charge < -0.3 is 5.32 Å². The number of sulfonamides is 3. The van der Waals surface area contributed by atoms with E-state index in [4.69, 9.17) is 9.97 Å². The maximum atomic E-state index is 14.3. The summed E-state index contributed by atoms with van der Waals surface area (Å²) in [4.78, 5) is 9.77. The number of pyridine rings is 2. The molecule has 2 aromatic heterocycles. The van der Waals surface area contributed by atoms with E-state index in [0.717, 1.165) is 16.7 Å². The van der Waals surface area contributed by atoms with Crippen LogP contribution >= 0.6 is 0 Å². The van der Waals surface area contributed by atoms with Crippen LogP contribution < -0.4 is 5.32 Å². The molecule has 0 aliphatic carbocycles. The molecular formula is C39H44N6O6S3. The Balaban J connectivity index is 1.42.